The molecule has 10 heteroatoms. The van der Waals surface area contributed by atoms with E-state index in [1.807, 2.05) is 0 Å². The van der Waals surface area contributed by atoms with Gasteiger partial charge in [0.15, 0.2) is 6.61 Å². The molecule has 0 unspecified atom stereocenters. The monoisotopic (exact) mass is 435 g/mol. The molecule has 0 spiro atoms. The molecule has 1 atom stereocenters. The summed E-state index contributed by atoms with van der Waals surface area (Å²) in [6.45, 7) is 1.25. The second-order valence-electron chi connectivity index (χ2n) is 6.27. The number of sulfonamides is 1. The third kappa shape index (κ3) is 5.12. The second kappa shape index (κ2) is 8.62. The van der Waals surface area contributed by atoms with Crippen LogP contribution >= 0.6 is 11.6 Å². The number of aliphatic imine (C=N–C) groups is 1. The van der Waals surface area contributed by atoms with Crippen molar-refractivity contribution in [1.29, 1.82) is 0 Å². The summed E-state index contributed by atoms with van der Waals surface area (Å²) < 4.78 is 31.4. The number of fused-ring (bicyclic) bond motifs is 1. The van der Waals surface area contributed by atoms with Crippen LogP contribution < -0.4 is 10.0 Å². The topological polar surface area (TPSA) is 114 Å². The minimum Gasteiger partial charge on any atom is -0.454 e. The summed E-state index contributed by atoms with van der Waals surface area (Å²) in [7, 11) is -3.69. The summed E-state index contributed by atoms with van der Waals surface area (Å²) in [4.78, 5) is 28.2. The minimum absolute atomic E-state index is 0.0669. The predicted molar refractivity (Wildman–Crippen MR) is 107 cm³/mol. The van der Waals surface area contributed by atoms with Gasteiger partial charge in [0.2, 0.25) is 0 Å². The lowest BCUT2D eigenvalue weighted by Crippen LogP contribution is -2.31. The average Bonchev–Trinajstić information content (AvgIpc) is 2.96. The fourth-order valence-corrected chi connectivity index (χ4v) is 3.95. The molecule has 8 nitrogen and oxygen atoms in total. The zero-order valence-electron chi connectivity index (χ0n) is 15.4. The average molecular weight is 436 g/mol. The highest BCUT2D eigenvalue weighted by Crippen LogP contribution is 2.22. The van der Waals surface area contributed by atoms with Crippen molar-refractivity contribution in [3.8, 4) is 0 Å². The number of hydrogen-bond acceptors (Lipinski definition) is 6. The van der Waals surface area contributed by atoms with Crippen LogP contribution in [0.3, 0.4) is 0 Å². The van der Waals surface area contributed by atoms with Gasteiger partial charge in [-0.3, -0.25) is 14.5 Å². The number of amides is 1. The summed E-state index contributed by atoms with van der Waals surface area (Å²) in [6, 6.07) is 12.3. The van der Waals surface area contributed by atoms with Crippen LogP contribution in [0.5, 0.6) is 0 Å². The Morgan fingerprint density at radius 1 is 1.17 bits per heavy atom. The lowest BCUT2D eigenvalue weighted by molar-refractivity contribution is -0.149. The molecular formula is C19H18ClN3O5S. The molecule has 1 aliphatic rings. The van der Waals surface area contributed by atoms with Crippen LogP contribution in [0.15, 0.2) is 58.4 Å². The summed E-state index contributed by atoms with van der Waals surface area (Å²) >= 11 is 5.80. The first-order valence-electron chi connectivity index (χ1n) is 8.64. The first-order chi connectivity index (χ1) is 13.8. The number of nitrogens with one attached hydrogen (secondary N) is 2. The third-order valence-corrected chi connectivity index (χ3v) is 5.72. The van der Waals surface area contributed by atoms with Crippen LogP contribution in [0.2, 0.25) is 5.02 Å². The van der Waals surface area contributed by atoms with Gasteiger partial charge >= 0.3 is 5.97 Å². The van der Waals surface area contributed by atoms with E-state index in [4.69, 9.17) is 16.3 Å². The number of ether oxygens (including phenoxy) is 1. The quantitative estimate of drug-likeness (QED) is 0.669. The van der Waals surface area contributed by atoms with Crippen molar-refractivity contribution in [2.45, 2.75) is 24.4 Å². The Morgan fingerprint density at radius 2 is 1.86 bits per heavy atom. The van der Waals surface area contributed by atoms with E-state index in [0.717, 1.165) is 5.56 Å². The van der Waals surface area contributed by atoms with Gasteiger partial charge in [0.05, 0.1) is 4.90 Å². The van der Waals surface area contributed by atoms with Crippen LogP contribution in [0.1, 0.15) is 18.1 Å². The van der Waals surface area contributed by atoms with Crippen LogP contribution in [-0.4, -0.2) is 38.8 Å². The zero-order valence-corrected chi connectivity index (χ0v) is 17.0. The van der Waals surface area contributed by atoms with E-state index in [0.29, 0.717) is 10.6 Å². The summed E-state index contributed by atoms with van der Waals surface area (Å²) in [6.07, 6.45) is 0. The highest BCUT2D eigenvalue weighted by molar-refractivity contribution is 7.90. The molecule has 2 N–H and O–H groups in total. The molecule has 0 aromatic heterocycles. The Balaban J connectivity index is 1.54. The predicted octanol–water partition coefficient (Wildman–Crippen LogP) is 1.63. The van der Waals surface area contributed by atoms with E-state index in [1.54, 1.807) is 42.5 Å². The molecule has 152 valence electrons. The molecule has 0 fully saturated rings. The van der Waals surface area contributed by atoms with Gasteiger partial charge in [0.1, 0.15) is 11.9 Å². The molecule has 2 aromatic carbocycles. The van der Waals surface area contributed by atoms with Crippen molar-refractivity contribution in [3.63, 3.8) is 0 Å². The van der Waals surface area contributed by atoms with Crippen LogP contribution in [0.4, 0.5) is 0 Å². The Kier molecular flexibility index (Phi) is 6.19. The van der Waals surface area contributed by atoms with Crippen molar-refractivity contribution < 1.29 is 22.7 Å². The molecule has 2 aromatic rings. The summed E-state index contributed by atoms with van der Waals surface area (Å²) in [5.74, 6) is -1.15. The first kappa shape index (κ1) is 20.8. The molecule has 29 heavy (non-hydrogen) atoms. The number of benzene rings is 2. The van der Waals surface area contributed by atoms with E-state index in [-0.39, 0.29) is 17.3 Å². The number of carbonyl (C=O) groups excluding carboxylic acids is 2. The van der Waals surface area contributed by atoms with Gasteiger partial charge in [0.25, 0.3) is 15.9 Å². The molecule has 0 bridgehead atoms. The molecule has 1 heterocycles. The fourth-order valence-electron chi connectivity index (χ4n) is 2.59. The van der Waals surface area contributed by atoms with Crippen molar-refractivity contribution >= 4 is 39.3 Å². The lowest BCUT2D eigenvalue weighted by Gasteiger charge is -2.10. The molecule has 1 aliphatic heterocycles. The smallest absolute Gasteiger partial charge is 0.331 e. The van der Waals surface area contributed by atoms with E-state index >= 15 is 0 Å². The fraction of sp³-hybridized carbons (Fsp3) is 0.211. The first-order valence-corrected chi connectivity index (χ1v) is 10.5. The van der Waals surface area contributed by atoms with Gasteiger partial charge in [-0.25, -0.2) is 13.2 Å². The zero-order chi connectivity index (χ0) is 21.0. The van der Waals surface area contributed by atoms with Gasteiger partial charge in [-0.2, -0.15) is 0 Å². The molecule has 0 radical (unpaired) electrons. The molecule has 0 saturated carbocycles. The Morgan fingerprint density at radius 3 is 2.59 bits per heavy atom. The minimum atomic E-state index is -3.69. The number of hydrogen-bond donors (Lipinski definition) is 2. The number of rotatable bonds is 6. The molecular weight excluding hydrogens is 418 g/mol. The number of esters is 1. The van der Waals surface area contributed by atoms with E-state index < -0.39 is 34.5 Å². The number of amidine groups is 1. The second-order valence-corrected chi connectivity index (χ2v) is 8.35. The van der Waals surface area contributed by atoms with Gasteiger partial charge in [-0.15, -0.1) is 0 Å². The molecule has 0 saturated heterocycles. The standard InChI is InChI=1S/C19H18ClN3O5S/c1-12(22-18-15-4-2-3-5-16(15)29(26,27)23-18)19(25)28-11-17(24)21-10-13-6-8-14(20)9-7-13/h2-9,12H,10-11H2,1H3,(H,21,24)(H,22,23)/t12-/m0/s1. The SMILES string of the molecule is C[C@H](N=C1NS(=O)(=O)c2ccccc21)C(=O)OCC(=O)NCc1ccc(Cl)cc1. The largest absolute Gasteiger partial charge is 0.454 e. The van der Waals surface area contributed by atoms with Crippen molar-refractivity contribution in [2.75, 3.05) is 6.61 Å². The Hall–Kier alpha value is -2.91. The third-order valence-electron chi connectivity index (χ3n) is 4.08. The number of nitrogens with zero attached hydrogens (tertiary/aromatic N) is 1. The maximum atomic E-state index is 12.1. The molecule has 1 amide bonds. The highest BCUT2D eigenvalue weighted by atomic mass is 35.5. The molecule has 0 aliphatic carbocycles. The van der Waals surface area contributed by atoms with Crippen molar-refractivity contribution in [1.82, 2.24) is 10.0 Å². The normalized spacial score (nSPS) is 16.6. The van der Waals surface area contributed by atoms with Crippen molar-refractivity contribution in [2.24, 2.45) is 4.99 Å². The van der Waals surface area contributed by atoms with E-state index in [9.17, 15) is 18.0 Å². The number of carbonyl (C=O) groups is 2. The summed E-state index contributed by atoms with van der Waals surface area (Å²) in [5, 5.41) is 3.22. The van der Waals surface area contributed by atoms with Crippen LogP contribution in [0.25, 0.3) is 0 Å². The highest BCUT2D eigenvalue weighted by Gasteiger charge is 2.31. The summed E-state index contributed by atoms with van der Waals surface area (Å²) in [5.41, 5.74) is 1.23. The van der Waals surface area contributed by atoms with Crippen molar-refractivity contribution in [3.05, 3.63) is 64.7 Å². The van der Waals surface area contributed by atoms with Crippen LogP contribution in [0, 0.1) is 0 Å². The maximum Gasteiger partial charge on any atom is 0.331 e. The van der Waals surface area contributed by atoms with Gasteiger partial charge in [-0.1, -0.05) is 35.9 Å². The van der Waals surface area contributed by atoms with E-state index in [2.05, 4.69) is 15.0 Å². The van der Waals surface area contributed by atoms with Gasteiger partial charge in [-0.05, 0) is 36.8 Å². The lowest BCUT2D eigenvalue weighted by atomic mass is 10.2. The molecule has 3 rings (SSSR count). The van der Waals surface area contributed by atoms with Crippen LogP contribution in [-0.2, 0) is 30.9 Å². The Labute approximate surface area is 173 Å². The number of halogens is 1. The van der Waals surface area contributed by atoms with Gasteiger partial charge in [0, 0.05) is 17.1 Å². The maximum absolute atomic E-state index is 12.1. The van der Waals surface area contributed by atoms with E-state index in [1.165, 1.54) is 13.0 Å². The van der Waals surface area contributed by atoms with Gasteiger partial charge < -0.3 is 10.1 Å². The Bertz CT molecular complexity index is 1070.